The third-order valence-corrected chi connectivity index (χ3v) is 2.83. The summed E-state index contributed by atoms with van der Waals surface area (Å²) in [6.07, 6.45) is 0.744. The maximum Gasteiger partial charge on any atom is 0.135 e. The van der Waals surface area contributed by atoms with Gasteiger partial charge in [-0.1, -0.05) is 35.9 Å². The summed E-state index contributed by atoms with van der Waals surface area (Å²) < 4.78 is 5.20. The van der Waals surface area contributed by atoms with E-state index in [2.05, 4.69) is 4.98 Å². The van der Waals surface area contributed by atoms with Crippen molar-refractivity contribution in [1.82, 2.24) is 4.98 Å². The molecule has 0 aliphatic heterocycles. The Hall–Kier alpha value is -1.58. The van der Waals surface area contributed by atoms with Crippen LogP contribution in [0.2, 0.25) is 5.15 Å². The van der Waals surface area contributed by atoms with Crippen molar-refractivity contribution >= 4 is 11.6 Å². The van der Waals surface area contributed by atoms with Gasteiger partial charge in [0.05, 0.1) is 7.11 Å². The molecule has 1 aromatic carbocycles. The number of ether oxygens (including phenoxy) is 1. The molecule has 2 aromatic rings. The highest BCUT2D eigenvalue weighted by molar-refractivity contribution is 6.30. The number of benzene rings is 1. The van der Waals surface area contributed by atoms with Gasteiger partial charge in [0.1, 0.15) is 17.0 Å². The molecule has 1 heterocycles. The standard InChI is InChI=1S/C13H12ClNO2/c1-17-11-7-3-2-5-9(11)12(16)10-6-4-8-15-13(10)14/h2-8,12,16H,1H3. The number of nitrogens with zero attached hydrogens (tertiary/aromatic N) is 1. The Bertz CT molecular complexity index is 516. The first kappa shape index (κ1) is 11.9. The first-order valence-corrected chi connectivity index (χ1v) is 5.53. The molecule has 1 unspecified atom stereocenters. The van der Waals surface area contributed by atoms with Gasteiger partial charge in [0.2, 0.25) is 0 Å². The number of para-hydroxylation sites is 1. The summed E-state index contributed by atoms with van der Waals surface area (Å²) in [6, 6.07) is 10.8. The van der Waals surface area contributed by atoms with Crippen molar-refractivity contribution in [1.29, 1.82) is 0 Å². The molecule has 0 radical (unpaired) electrons. The molecule has 0 bridgehead atoms. The van der Waals surface area contributed by atoms with Crippen LogP contribution in [0.3, 0.4) is 0 Å². The number of aromatic nitrogens is 1. The molecule has 88 valence electrons. The second-order valence-electron chi connectivity index (χ2n) is 3.53. The molecule has 17 heavy (non-hydrogen) atoms. The number of aliphatic hydroxyl groups is 1. The zero-order chi connectivity index (χ0) is 12.3. The van der Waals surface area contributed by atoms with Crippen LogP contribution >= 0.6 is 11.6 Å². The highest BCUT2D eigenvalue weighted by Gasteiger charge is 2.17. The molecule has 0 spiro atoms. The van der Waals surface area contributed by atoms with Gasteiger partial charge in [-0.25, -0.2) is 4.98 Å². The van der Waals surface area contributed by atoms with Crippen molar-refractivity contribution in [2.24, 2.45) is 0 Å². The zero-order valence-corrected chi connectivity index (χ0v) is 10.1. The van der Waals surface area contributed by atoms with Gasteiger partial charge in [-0.05, 0) is 12.1 Å². The Morgan fingerprint density at radius 2 is 1.88 bits per heavy atom. The highest BCUT2D eigenvalue weighted by atomic mass is 35.5. The van der Waals surface area contributed by atoms with Gasteiger partial charge in [0.15, 0.2) is 0 Å². The lowest BCUT2D eigenvalue weighted by molar-refractivity contribution is 0.214. The first-order chi connectivity index (χ1) is 8.24. The Morgan fingerprint density at radius 3 is 2.59 bits per heavy atom. The summed E-state index contributed by atoms with van der Waals surface area (Å²) in [5, 5.41) is 10.6. The molecule has 1 atom stereocenters. The van der Waals surface area contributed by atoms with E-state index in [9.17, 15) is 5.11 Å². The van der Waals surface area contributed by atoms with Crippen LogP contribution in [0.4, 0.5) is 0 Å². The van der Waals surface area contributed by atoms with Crippen LogP contribution in [0.1, 0.15) is 17.2 Å². The van der Waals surface area contributed by atoms with E-state index in [0.717, 1.165) is 0 Å². The monoisotopic (exact) mass is 249 g/mol. The number of methoxy groups -OCH3 is 1. The van der Waals surface area contributed by atoms with Crippen LogP contribution in [-0.2, 0) is 0 Å². The van der Waals surface area contributed by atoms with Crippen molar-refractivity contribution in [2.45, 2.75) is 6.10 Å². The van der Waals surface area contributed by atoms with Gasteiger partial charge in [-0.15, -0.1) is 0 Å². The normalized spacial score (nSPS) is 12.2. The molecule has 0 saturated heterocycles. The van der Waals surface area contributed by atoms with Crippen molar-refractivity contribution in [2.75, 3.05) is 7.11 Å². The summed E-state index contributed by atoms with van der Waals surface area (Å²) in [4.78, 5) is 3.95. The quantitative estimate of drug-likeness (QED) is 0.851. The summed E-state index contributed by atoms with van der Waals surface area (Å²) in [5.74, 6) is 0.625. The van der Waals surface area contributed by atoms with Crippen molar-refractivity contribution in [3.8, 4) is 5.75 Å². The van der Waals surface area contributed by atoms with Crippen LogP contribution in [-0.4, -0.2) is 17.2 Å². The number of halogens is 1. The molecule has 3 nitrogen and oxygen atoms in total. The Balaban J connectivity index is 2.44. The third-order valence-electron chi connectivity index (χ3n) is 2.52. The van der Waals surface area contributed by atoms with Gasteiger partial charge < -0.3 is 9.84 Å². The van der Waals surface area contributed by atoms with E-state index in [0.29, 0.717) is 22.0 Å². The minimum absolute atomic E-state index is 0.297. The molecule has 0 amide bonds. The zero-order valence-electron chi connectivity index (χ0n) is 9.30. The summed E-state index contributed by atoms with van der Waals surface area (Å²) >= 11 is 5.95. The van der Waals surface area contributed by atoms with E-state index >= 15 is 0 Å². The number of hydrogen-bond donors (Lipinski definition) is 1. The lowest BCUT2D eigenvalue weighted by Gasteiger charge is -2.15. The fourth-order valence-electron chi connectivity index (χ4n) is 1.66. The molecule has 1 N–H and O–H groups in total. The largest absolute Gasteiger partial charge is 0.496 e. The van der Waals surface area contributed by atoms with E-state index in [1.165, 1.54) is 0 Å². The van der Waals surface area contributed by atoms with E-state index in [4.69, 9.17) is 16.3 Å². The van der Waals surface area contributed by atoms with E-state index in [1.54, 1.807) is 37.6 Å². The van der Waals surface area contributed by atoms with E-state index in [1.807, 2.05) is 12.1 Å². The van der Waals surface area contributed by atoms with Crippen molar-refractivity contribution in [3.63, 3.8) is 0 Å². The van der Waals surface area contributed by atoms with Crippen LogP contribution in [0, 0.1) is 0 Å². The van der Waals surface area contributed by atoms with Gasteiger partial charge in [-0.2, -0.15) is 0 Å². The lowest BCUT2D eigenvalue weighted by atomic mass is 10.0. The number of hydrogen-bond acceptors (Lipinski definition) is 3. The Labute approximate surface area is 105 Å². The molecular formula is C13H12ClNO2. The van der Waals surface area contributed by atoms with Gasteiger partial charge in [0, 0.05) is 17.3 Å². The Morgan fingerprint density at radius 1 is 1.18 bits per heavy atom. The predicted octanol–water partition coefficient (Wildman–Crippen LogP) is 2.83. The molecular weight excluding hydrogens is 238 g/mol. The molecule has 0 fully saturated rings. The fraction of sp³-hybridized carbons (Fsp3) is 0.154. The molecule has 0 saturated carbocycles. The summed E-state index contributed by atoms with van der Waals surface area (Å²) in [5.41, 5.74) is 1.24. The third kappa shape index (κ3) is 2.40. The van der Waals surface area contributed by atoms with Crippen molar-refractivity contribution < 1.29 is 9.84 Å². The average Bonchev–Trinajstić information content (AvgIpc) is 2.38. The average molecular weight is 250 g/mol. The molecule has 0 aliphatic rings. The second kappa shape index (κ2) is 5.17. The molecule has 0 aliphatic carbocycles. The van der Waals surface area contributed by atoms with Crippen molar-refractivity contribution in [3.05, 3.63) is 58.9 Å². The fourth-order valence-corrected chi connectivity index (χ4v) is 1.88. The number of aliphatic hydroxyl groups excluding tert-OH is 1. The molecule has 1 aromatic heterocycles. The SMILES string of the molecule is COc1ccccc1C(O)c1cccnc1Cl. The minimum atomic E-state index is -0.840. The maximum atomic E-state index is 10.3. The van der Waals surface area contributed by atoms with Gasteiger partial charge >= 0.3 is 0 Å². The molecule has 2 rings (SSSR count). The van der Waals surface area contributed by atoms with Crippen LogP contribution in [0.5, 0.6) is 5.75 Å². The Kier molecular flexibility index (Phi) is 3.61. The number of rotatable bonds is 3. The van der Waals surface area contributed by atoms with Gasteiger partial charge in [-0.3, -0.25) is 0 Å². The second-order valence-corrected chi connectivity index (χ2v) is 3.89. The van der Waals surface area contributed by atoms with E-state index in [-0.39, 0.29) is 0 Å². The van der Waals surface area contributed by atoms with Crippen LogP contribution in [0.15, 0.2) is 42.6 Å². The maximum absolute atomic E-state index is 10.3. The highest BCUT2D eigenvalue weighted by Crippen LogP contribution is 2.32. The van der Waals surface area contributed by atoms with Crippen LogP contribution in [0.25, 0.3) is 0 Å². The summed E-state index contributed by atoms with van der Waals surface area (Å²) in [7, 11) is 1.57. The first-order valence-electron chi connectivity index (χ1n) is 5.15. The topological polar surface area (TPSA) is 42.4 Å². The molecule has 4 heteroatoms. The predicted molar refractivity (Wildman–Crippen MR) is 66.3 cm³/mol. The lowest BCUT2D eigenvalue weighted by Crippen LogP contribution is -2.03. The number of pyridine rings is 1. The summed E-state index contributed by atoms with van der Waals surface area (Å²) in [6.45, 7) is 0. The smallest absolute Gasteiger partial charge is 0.135 e. The van der Waals surface area contributed by atoms with Gasteiger partial charge in [0.25, 0.3) is 0 Å². The van der Waals surface area contributed by atoms with E-state index < -0.39 is 6.10 Å². The van der Waals surface area contributed by atoms with Crippen LogP contribution < -0.4 is 4.74 Å². The minimum Gasteiger partial charge on any atom is -0.496 e.